The zero-order chi connectivity index (χ0) is 13.1. The van der Waals surface area contributed by atoms with Gasteiger partial charge in [-0.05, 0) is 13.0 Å². The summed E-state index contributed by atoms with van der Waals surface area (Å²) in [6.45, 7) is 4.41. The number of imidazole rings is 1. The third-order valence-electron chi connectivity index (χ3n) is 2.75. The van der Waals surface area contributed by atoms with Crippen molar-refractivity contribution in [2.45, 2.75) is 26.8 Å². The average Bonchev–Trinajstić information content (AvgIpc) is 2.95. The molecule has 0 fully saturated rings. The van der Waals surface area contributed by atoms with Gasteiger partial charge in [-0.15, -0.1) is 0 Å². The molecule has 0 aliphatic heterocycles. The Labute approximate surface area is 105 Å². The minimum absolute atomic E-state index is 0.255. The Hall–Kier alpha value is -2.08. The van der Waals surface area contributed by atoms with Crippen molar-refractivity contribution < 1.29 is 9.21 Å². The highest BCUT2D eigenvalue weighted by Crippen LogP contribution is 2.16. The maximum absolute atomic E-state index is 11.4. The summed E-state index contributed by atoms with van der Waals surface area (Å²) in [5.41, 5.74) is 2.83. The summed E-state index contributed by atoms with van der Waals surface area (Å²) in [6.07, 6.45) is 4.49. The summed E-state index contributed by atoms with van der Waals surface area (Å²) < 4.78 is 7.49. The van der Waals surface area contributed by atoms with Crippen LogP contribution in [0.15, 0.2) is 22.9 Å². The lowest BCUT2D eigenvalue weighted by Crippen LogP contribution is -2.30. The molecule has 0 spiro atoms. The maximum atomic E-state index is 11.4. The number of furan rings is 1. The van der Waals surface area contributed by atoms with Gasteiger partial charge in [-0.1, -0.05) is 6.92 Å². The van der Waals surface area contributed by atoms with Gasteiger partial charge in [0.05, 0.1) is 6.54 Å². The van der Waals surface area contributed by atoms with Gasteiger partial charge < -0.3 is 8.98 Å². The molecule has 6 nitrogen and oxygen atoms in total. The maximum Gasteiger partial charge on any atom is 0.301 e. The van der Waals surface area contributed by atoms with Crippen molar-refractivity contribution in [3.05, 3.63) is 41.4 Å². The van der Waals surface area contributed by atoms with E-state index in [1.807, 2.05) is 30.7 Å². The minimum atomic E-state index is -0.417. The molecule has 0 radical (unpaired) electrons. The molecule has 0 bridgehead atoms. The second-order valence-electron chi connectivity index (χ2n) is 4.02. The smallest absolute Gasteiger partial charge is 0.301 e. The van der Waals surface area contributed by atoms with E-state index in [-0.39, 0.29) is 5.76 Å². The third-order valence-corrected chi connectivity index (χ3v) is 2.75. The average molecular weight is 248 g/mol. The predicted molar refractivity (Wildman–Crippen MR) is 65.8 cm³/mol. The Morgan fingerprint density at radius 3 is 3.06 bits per heavy atom. The third kappa shape index (κ3) is 2.28. The highest BCUT2D eigenvalue weighted by atomic mass is 16.4. The molecule has 6 heteroatoms. The summed E-state index contributed by atoms with van der Waals surface area (Å²) in [4.78, 5) is 15.7. The molecule has 0 aromatic carbocycles. The van der Waals surface area contributed by atoms with Crippen LogP contribution in [0.4, 0.5) is 0 Å². The number of nitrogens with two attached hydrogens (primary N) is 1. The number of rotatable bonds is 4. The fraction of sp³-hybridized carbons (Fsp3) is 0.333. The molecule has 2 rings (SSSR count). The number of carbonyl (C=O) groups excluding carboxylic acids is 1. The molecular weight excluding hydrogens is 232 g/mol. The molecule has 2 heterocycles. The predicted octanol–water partition coefficient (Wildman–Crippen LogP) is 0.999. The van der Waals surface area contributed by atoms with Crippen LogP contribution in [0.25, 0.3) is 0 Å². The molecule has 2 aromatic heterocycles. The van der Waals surface area contributed by atoms with E-state index in [9.17, 15) is 4.79 Å². The monoisotopic (exact) mass is 248 g/mol. The van der Waals surface area contributed by atoms with Gasteiger partial charge in [0.25, 0.3) is 0 Å². The largest absolute Gasteiger partial charge is 0.454 e. The molecule has 0 saturated heterocycles. The Morgan fingerprint density at radius 1 is 1.61 bits per heavy atom. The van der Waals surface area contributed by atoms with Crippen LogP contribution in [0.3, 0.4) is 0 Å². The Morgan fingerprint density at radius 2 is 2.39 bits per heavy atom. The number of hydrogen-bond donors (Lipinski definition) is 2. The topological polar surface area (TPSA) is 86.1 Å². The zero-order valence-electron chi connectivity index (χ0n) is 10.4. The molecule has 1 amide bonds. The van der Waals surface area contributed by atoms with Crippen molar-refractivity contribution in [1.82, 2.24) is 15.0 Å². The van der Waals surface area contributed by atoms with Crippen molar-refractivity contribution in [2.75, 3.05) is 0 Å². The number of nitrogens with one attached hydrogen (secondary N) is 1. The first-order valence-electron chi connectivity index (χ1n) is 5.76. The molecule has 0 aliphatic rings. The fourth-order valence-electron chi connectivity index (χ4n) is 1.88. The molecule has 0 unspecified atom stereocenters. The Balaban J connectivity index is 2.23. The van der Waals surface area contributed by atoms with Crippen LogP contribution in [-0.4, -0.2) is 15.5 Å². The lowest BCUT2D eigenvalue weighted by Gasteiger charge is -2.03. The van der Waals surface area contributed by atoms with Gasteiger partial charge in [-0.3, -0.25) is 10.2 Å². The van der Waals surface area contributed by atoms with Gasteiger partial charge in [0.1, 0.15) is 11.6 Å². The van der Waals surface area contributed by atoms with Gasteiger partial charge in [-0.2, -0.15) is 0 Å². The van der Waals surface area contributed by atoms with E-state index in [0.29, 0.717) is 12.3 Å². The summed E-state index contributed by atoms with van der Waals surface area (Å²) in [7, 11) is 0. The van der Waals surface area contributed by atoms with Crippen molar-refractivity contribution in [2.24, 2.45) is 5.84 Å². The fourth-order valence-corrected chi connectivity index (χ4v) is 1.88. The van der Waals surface area contributed by atoms with Crippen LogP contribution in [0.2, 0.25) is 0 Å². The van der Waals surface area contributed by atoms with E-state index in [1.54, 1.807) is 6.20 Å². The first-order chi connectivity index (χ1) is 8.65. The quantitative estimate of drug-likeness (QED) is 0.480. The summed E-state index contributed by atoms with van der Waals surface area (Å²) in [6, 6.07) is 1.84. The molecule has 2 aromatic rings. The first kappa shape index (κ1) is 12.4. The Kier molecular flexibility index (Phi) is 3.47. The van der Waals surface area contributed by atoms with Gasteiger partial charge in [-0.25, -0.2) is 10.8 Å². The molecule has 0 aliphatic carbocycles. The van der Waals surface area contributed by atoms with Crippen molar-refractivity contribution >= 4 is 5.91 Å². The highest BCUT2D eigenvalue weighted by Gasteiger charge is 2.15. The lowest BCUT2D eigenvalue weighted by atomic mass is 10.2. The number of hydrazine groups is 1. The number of aromatic nitrogens is 2. The second-order valence-corrected chi connectivity index (χ2v) is 4.02. The summed E-state index contributed by atoms with van der Waals surface area (Å²) in [5, 5.41) is 0. The van der Waals surface area contributed by atoms with E-state index >= 15 is 0 Å². The van der Waals surface area contributed by atoms with Crippen LogP contribution in [0.5, 0.6) is 0 Å². The SMILES string of the molecule is CCc1nccn1Cc1cc(C)c(C(=O)NN)o1. The van der Waals surface area contributed by atoms with E-state index in [1.165, 1.54) is 0 Å². The molecule has 0 saturated carbocycles. The van der Waals surface area contributed by atoms with Crippen LogP contribution < -0.4 is 11.3 Å². The second kappa shape index (κ2) is 5.05. The molecule has 18 heavy (non-hydrogen) atoms. The number of carbonyl (C=O) groups is 1. The number of hydrogen-bond acceptors (Lipinski definition) is 4. The molecule has 0 atom stereocenters. The van der Waals surface area contributed by atoms with Crippen molar-refractivity contribution in [3.8, 4) is 0 Å². The number of nitrogen functional groups attached to an aromatic ring is 1. The Bertz CT molecular complexity index is 556. The van der Waals surface area contributed by atoms with E-state index in [2.05, 4.69) is 10.4 Å². The standard InChI is InChI=1S/C12H16N4O2/c1-3-10-14-4-5-16(10)7-9-6-8(2)11(18-9)12(17)15-13/h4-6H,3,7,13H2,1-2H3,(H,15,17). The molecule has 3 N–H and O–H groups in total. The van der Waals surface area contributed by atoms with Gasteiger partial charge in [0, 0.05) is 24.4 Å². The van der Waals surface area contributed by atoms with E-state index < -0.39 is 5.91 Å². The summed E-state index contributed by atoms with van der Waals surface area (Å²) in [5.74, 6) is 6.62. The lowest BCUT2D eigenvalue weighted by molar-refractivity contribution is 0.0923. The normalized spacial score (nSPS) is 10.6. The van der Waals surface area contributed by atoms with Crippen molar-refractivity contribution in [1.29, 1.82) is 0 Å². The van der Waals surface area contributed by atoms with E-state index in [4.69, 9.17) is 10.3 Å². The molecule has 96 valence electrons. The molecular formula is C12H16N4O2. The van der Waals surface area contributed by atoms with Crippen LogP contribution in [0, 0.1) is 6.92 Å². The number of nitrogens with zero attached hydrogens (tertiary/aromatic N) is 2. The number of aryl methyl sites for hydroxylation is 2. The first-order valence-corrected chi connectivity index (χ1v) is 5.76. The van der Waals surface area contributed by atoms with Crippen LogP contribution in [-0.2, 0) is 13.0 Å². The number of amides is 1. The van der Waals surface area contributed by atoms with Crippen molar-refractivity contribution in [3.63, 3.8) is 0 Å². The zero-order valence-corrected chi connectivity index (χ0v) is 10.4. The highest BCUT2D eigenvalue weighted by molar-refractivity contribution is 5.92. The van der Waals surface area contributed by atoms with Crippen LogP contribution >= 0.6 is 0 Å². The summed E-state index contributed by atoms with van der Waals surface area (Å²) >= 11 is 0. The van der Waals surface area contributed by atoms with Gasteiger partial charge >= 0.3 is 5.91 Å². The van der Waals surface area contributed by atoms with E-state index in [0.717, 1.165) is 17.8 Å². The van der Waals surface area contributed by atoms with Gasteiger partial charge in [0.2, 0.25) is 0 Å². The van der Waals surface area contributed by atoms with Gasteiger partial charge in [0.15, 0.2) is 5.76 Å². The van der Waals surface area contributed by atoms with Crippen LogP contribution in [0.1, 0.15) is 34.6 Å². The minimum Gasteiger partial charge on any atom is -0.454 e.